The van der Waals surface area contributed by atoms with Crippen LogP contribution < -0.4 is 10.1 Å². The molecule has 27 heavy (non-hydrogen) atoms. The van der Waals surface area contributed by atoms with Gasteiger partial charge in [-0.15, -0.1) is 11.3 Å². The van der Waals surface area contributed by atoms with E-state index in [4.69, 9.17) is 16.3 Å². The van der Waals surface area contributed by atoms with Gasteiger partial charge in [0.15, 0.2) is 0 Å². The van der Waals surface area contributed by atoms with Gasteiger partial charge in [0, 0.05) is 19.1 Å². The molecule has 0 aliphatic carbocycles. The number of thiazole rings is 1. The number of carbonyl (C=O) groups excluding carboxylic acids is 1. The number of halogens is 1. The molecule has 1 aromatic heterocycles. The maximum Gasteiger partial charge on any atom is 0.263 e. The van der Waals surface area contributed by atoms with E-state index in [-0.39, 0.29) is 21.9 Å². The highest BCUT2D eigenvalue weighted by Crippen LogP contribution is 2.29. The van der Waals surface area contributed by atoms with Gasteiger partial charge in [0.1, 0.15) is 10.6 Å². The lowest BCUT2D eigenvalue weighted by Crippen LogP contribution is -2.46. The van der Waals surface area contributed by atoms with E-state index in [9.17, 15) is 13.2 Å². The van der Waals surface area contributed by atoms with Gasteiger partial charge in [-0.1, -0.05) is 11.6 Å². The van der Waals surface area contributed by atoms with Crippen molar-refractivity contribution in [1.29, 1.82) is 0 Å². The molecule has 2 aromatic rings. The van der Waals surface area contributed by atoms with Crippen LogP contribution in [-0.4, -0.2) is 49.9 Å². The molecule has 0 bridgehead atoms. The number of piperidine rings is 1. The zero-order valence-corrected chi connectivity index (χ0v) is 17.3. The van der Waals surface area contributed by atoms with Gasteiger partial charge >= 0.3 is 0 Å². The average molecular weight is 430 g/mol. The summed E-state index contributed by atoms with van der Waals surface area (Å²) in [6, 6.07) is 4.36. The van der Waals surface area contributed by atoms with Gasteiger partial charge in [0.25, 0.3) is 5.91 Å². The number of ether oxygens (including phenoxy) is 1. The number of nitrogens with zero attached hydrogens (tertiary/aromatic N) is 2. The van der Waals surface area contributed by atoms with Crippen molar-refractivity contribution in [2.24, 2.45) is 0 Å². The van der Waals surface area contributed by atoms with E-state index in [2.05, 4.69) is 10.3 Å². The molecule has 0 unspecified atom stereocenters. The number of carbonyl (C=O) groups is 1. The van der Waals surface area contributed by atoms with E-state index >= 15 is 0 Å². The number of nitrogens with one attached hydrogen (secondary N) is 1. The lowest BCUT2D eigenvalue weighted by molar-refractivity contribution is 0.0927. The molecule has 10 heteroatoms. The second-order valence-electron chi connectivity index (χ2n) is 6.22. The van der Waals surface area contributed by atoms with Crippen LogP contribution in [0.25, 0.3) is 0 Å². The molecule has 146 valence electrons. The number of methoxy groups -OCH3 is 1. The van der Waals surface area contributed by atoms with E-state index in [1.807, 2.05) is 0 Å². The van der Waals surface area contributed by atoms with Crippen LogP contribution in [0.15, 0.2) is 28.6 Å². The van der Waals surface area contributed by atoms with Crippen LogP contribution in [0, 0.1) is 6.92 Å². The molecular formula is C17H20ClN3O4S2. The fourth-order valence-electron chi connectivity index (χ4n) is 2.97. The fraction of sp³-hybridized carbons (Fsp3) is 0.412. The first-order chi connectivity index (χ1) is 12.8. The predicted molar refractivity (Wildman–Crippen MR) is 104 cm³/mol. The topological polar surface area (TPSA) is 88.6 Å². The summed E-state index contributed by atoms with van der Waals surface area (Å²) in [5.74, 6) is 0.272. The molecule has 3 rings (SSSR count). The molecule has 1 aliphatic rings. The molecule has 1 fully saturated rings. The second kappa shape index (κ2) is 8.14. The number of benzene rings is 1. The molecule has 1 aliphatic heterocycles. The number of rotatable bonds is 5. The Balaban J connectivity index is 1.63. The number of amides is 1. The number of hydrogen-bond acceptors (Lipinski definition) is 6. The molecule has 0 saturated carbocycles. The summed E-state index contributed by atoms with van der Waals surface area (Å²) in [5, 5.41) is 3.22. The van der Waals surface area contributed by atoms with E-state index < -0.39 is 10.0 Å². The van der Waals surface area contributed by atoms with Gasteiger partial charge in [0.05, 0.1) is 28.2 Å². The number of sulfonamides is 1. The highest BCUT2D eigenvalue weighted by molar-refractivity contribution is 7.89. The van der Waals surface area contributed by atoms with Gasteiger partial charge in [0.2, 0.25) is 10.0 Å². The lowest BCUT2D eigenvalue weighted by atomic mass is 10.1. The van der Waals surface area contributed by atoms with Crippen molar-refractivity contribution in [3.05, 3.63) is 39.3 Å². The SMILES string of the molecule is COc1ccc(S(=O)(=O)N2CCC(NC(=O)c3scnc3C)CC2)cc1Cl. The first-order valence-corrected chi connectivity index (χ1v) is 11.1. The van der Waals surface area contributed by atoms with Crippen LogP contribution in [-0.2, 0) is 10.0 Å². The maximum absolute atomic E-state index is 12.8. The minimum absolute atomic E-state index is 0.0649. The van der Waals surface area contributed by atoms with E-state index in [1.54, 1.807) is 18.5 Å². The molecular weight excluding hydrogens is 410 g/mol. The van der Waals surface area contributed by atoms with Crippen molar-refractivity contribution in [3.63, 3.8) is 0 Å². The quantitative estimate of drug-likeness (QED) is 0.789. The summed E-state index contributed by atoms with van der Waals surface area (Å²) >= 11 is 7.36. The van der Waals surface area contributed by atoms with Crippen molar-refractivity contribution in [1.82, 2.24) is 14.6 Å². The van der Waals surface area contributed by atoms with Crippen molar-refractivity contribution in [2.45, 2.75) is 30.7 Å². The van der Waals surface area contributed by atoms with Gasteiger partial charge in [-0.25, -0.2) is 13.4 Å². The first kappa shape index (κ1) is 20.1. The highest BCUT2D eigenvalue weighted by Gasteiger charge is 2.30. The molecule has 1 amide bonds. The highest BCUT2D eigenvalue weighted by atomic mass is 35.5. The van der Waals surface area contributed by atoms with Crippen LogP contribution in [0.3, 0.4) is 0 Å². The molecule has 0 spiro atoms. The average Bonchev–Trinajstić information content (AvgIpc) is 3.08. The summed E-state index contributed by atoms with van der Waals surface area (Å²) in [6.07, 6.45) is 1.10. The zero-order valence-electron chi connectivity index (χ0n) is 14.9. The monoisotopic (exact) mass is 429 g/mol. The predicted octanol–water partition coefficient (Wildman–Crippen LogP) is 2.70. The molecule has 7 nitrogen and oxygen atoms in total. The Hall–Kier alpha value is -1.68. The molecule has 0 atom stereocenters. The second-order valence-corrected chi connectivity index (χ2v) is 9.41. The van der Waals surface area contributed by atoms with E-state index in [1.165, 1.54) is 34.9 Å². The molecule has 1 saturated heterocycles. The molecule has 2 heterocycles. The van der Waals surface area contributed by atoms with Gasteiger partial charge in [-0.05, 0) is 38.0 Å². The van der Waals surface area contributed by atoms with Crippen molar-refractivity contribution in [3.8, 4) is 5.75 Å². The Morgan fingerprint density at radius 1 is 1.37 bits per heavy atom. The standard InChI is InChI=1S/C17H20ClN3O4S2/c1-11-16(26-10-19-11)17(22)20-12-5-7-21(8-6-12)27(23,24)13-3-4-15(25-2)14(18)9-13/h3-4,9-10,12H,5-8H2,1-2H3,(H,20,22). The Morgan fingerprint density at radius 3 is 2.63 bits per heavy atom. The normalized spacial score (nSPS) is 16.3. The fourth-order valence-corrected chi connectivity index (χ4v) is 5.49. The van der Waals surface area contributed by atoms with Crippen molar-refractivity contribution < 1.29 is 17.9 Å². The zero-order chi connectivity index (χ0) is 19.6. The van der Waals surface area contributed by atoms with Crippen molar-refractivity contribution >= 4 is 38.9 Å². The molecule has 1 N–H and O–H groups in total. The van der Waals surface area contributed by atoms with E-state index in [0.717, 1.165) is 0 Å². The van der Waals surface area contributed by atoms with Crippen molar-refractivity contribution in [2.75, 3.05) is 20.2 Å². The maximum atomic E-state index is 12.8. The third-order valence-corrected chi connectivity index (χ3v) is 7.62. The number of aryl methyl sites for hydroxylation is 1. The summed E-state index contributed by atoms with van der Waals surface area (Å²) in [4.78, 5) is 17.1. The lowest BCUT2D eigenvalue weighted by Gasteiger charge is -2.31. The smallest absolute Gasteiger partial charge is 0.263 e. The largest absolute Gasteiger partial charge is 0.495 e. The summed E-state index contributed by atoms with van der Waals surface area (Å²) in [5.41, 5.74) is 2.34. The van der Waals surface area contributed by atoms with Crippen LogP contribution in [0.1, 0.15) is 28.2 Å². The number of hydrogen-bond donors (Lipinski definition) is 1. The van der Waals surface area contributed by atoms with Gasteiger partial charge in [-0.2, -0.15) is 4.31 Å². The minimum Gasteiger partial charge on any atom is -0.495 e. The molecule has 0 radical (unpaired) electrons. The Morgan fingerprint density at radius 2 is 2.07 bits per heavy atom. The van der Waals surface area contributed by atoms with Crippen LogP contribution >= 0.6 is 22.9 Å². The van der Waals surface area contributed by atoms with Gasteiger partial charge < -0.3 is 10.1 Å². The van der Waals surface area contributed by atoms with Gasteiger partial charge in [-0.3, -0.25) is 4.79 Å². The summed E-state index contributed by atoms with van der Waals surface area (Å²) in [6.45, 7) is 2.46. The van der Waals surface area contributed by atoms with Crippen LogP contribution in [0.5, 0.6) is 5.75 Å². The Labute approximate surface area is 167 Å². The number of aromatic nitrogens is 1. The molecule has 1 aromatic carbocycles. The van der Waals surface area contributed by atoms with Crippen LogP contribution in [0.4, 0.5) is 0 Å². The Kier molecular flexibility index (Phi) is 6.05. The summed E-state index contributed by atoms with van der Waals surface area (Å²) < 4.78 is 32.2. The first-order valence-electron chi connectivity index (χ1n) is 8.37. The third-order valence-electron chi connectivity index (χ3n) is 4.50. The van der Waals surface area contributed by atoms with Crippen LogP contribution in [0.2, 0.25) is 5.02 Å². The summed E-state index contributed by atoms with van der Waals surface area (Å²) in [7, 11) is -2.16. The third kappa shape index (κ3) is 4.26. The Bertz CT molecular complexity index is 937. The van der Waals surface area contributed by atoms with E-state index in [0.29, 0.717) is 42.3 Å². The minimum atomic E-state index is -3.64.